The third-order valence-corrected chi connectivity index (χ3v) is 5.28. The summed E-state index contributed by atoms with van der Waals surface area (Å²) in [5.41, 5.74) is 0. The molecule has 0 bridgehead atoms. The summed E-state index contributed by atoms with van der Waals surface area (Å²) in [6.07, 6.45) is 3.47. The Kier molecular flexibility index (Phi) is 35.5. The summed E-state index contributed by atoms with van der Waals surface area (Å²) in [5.74, 6) is -1.04. The number of carbonyl (C=O) groups is 2. The average molecular weight is 629 g/mol. The molecule has 14 nitrogen and oxygen atoms in total. The summed E-state index contributed by atoms with van der Waals surface area (Å²) in [6.45, 7) is 11.3. The Morgan fingerprint density at radius 2 is 0.674 bits per heavy atom. The first-order valence-corrected chi connectivity index (χ1v) is 15.3. The maximum absolute atomic E-state index is 11.4. The van der Waals surface area contributed by atoms with Gasteiger partial charge in [-0.05, 0) is 6.42 Å². The zero-order valence-electron chi connectivity index (χ0n) is 26.1. The van der Waals surface area contributed by atoms with Gasteiger partial charge in [0.15, 0.2) is 0 Å². The van der Waals surface area contributed by atoms with Crippen LogP contribution < -0.4 is 0 Å². The maximum Gasteiger partial charge on any atom is 0.305 e. The fourth-order valence-electron chi connectivity index (χ4n) is 3.05. The monoisotopic (exact) mass is 628 g/mol. The van der Waals surface area contributed by atoms with Crippen LogP contribution in [0.25, 0.3) is 0 Å². The average Bonchev–Trinajstić information content (AvgIpc) is 2.99. The van der Waals surface area contributed by atoms with Gasteiger partial charge in [0.05, 0.1) is 139 Å². The zero-order valence-corrected chi connectivity index (χ0v) is 26.1. The Hall–Kier alpha value is -1.46. The minimum Gasteiger partial charge on any atom is -0.481 e. The minimum absolute atomic E-state index is 0.00397. The second kappa shape index (κ2) is 36.7. The molecule has 256 valence electrons. The van der Waals surface area contributed by atoms with Gasteiger partial charge < -0.3 is 57.2 Å². The van der Waals surface area contributed by atoms with Crippen LogP contribution in [0, 0.1) is 0 Å². The van der Waals surface area contributed by atoms with Gasteiger partial charge >= 0.3 is 11.9 Å². The number of ether oxygens (including phenoxy) is 11. The van der Waals surface area contributed by atoms with Gasteiger partial charge in [0, 0.05) is 6.42 Å². The highest BCUT2D eigenvalue weighted by atomic mass is 16.6. The van der Waals surface area contributed by atoms with E-state index < -0.39 is 5.97 Å². The van der Waals surface area contributed by atoms with Gasteiger partial charge in [-0.15, -0.1) is 0 Å². The molecule has 0 fully saturated rings. The fraction of sp³-hybridized carbons (Fsp3) is 0.931. The molecule has 14 heteroatoms. The van der Waals surface area contributed by atoms with E-state index in [1.165, 1.54) is 0 Å². The summed E-state index contributed by atoms with van der Waals surface area (Å²) in [6, 6.07) is 0. The summed E-state index contributed by atoms with van der Waals surface area (Å²) in [5, 5.41) is 8.48. The van der Waals surface area contributed by atoms with Crippen LogP contribution in [0.15, 0.2) is 0 Å². The van der Waals surface area contributed by atoms with Gasteiger partial charge in [-0.1, -0.05) is 19.8 Å². The van der Waals surface area contributed by atoms with Gasteiger partial charge in [0.1, 0.15) is 6.61 Å². The predicted molar refractivity (Wildman–Crippen MR) is 156 cm³/mol. The normalized spacial score (nSPS) is 11.3. The number of hydrogen-bond donors (Lipinski definition) is 1. The van der Waals surface area contributed by atoms with Crippen molar-refractivity contribution >= 4 is 11.9 Å². The van der Waals surface area contributed by atoms with E-state index in [2.05, 4.69) is 6.92 Å². The van der Waals surface area contributed by atoms with Gasteiger partial charge in [0.2, 0.25) is 0 Å². The molecule has 0 atom stereocenters. The summed E-state index contributed by atoms with van der Waals surface area (Å²) < 4.78 is 58.9. The lowest BCUT2D eigenvalue weighted by Crippen LogP contribution is -2.15. The fourth-order valence-corrected chi connectivity index (χ4v) is 3.05. The Labute approximate surface area is 256 Å². The Balaban J connectivity index is 3.08. The van der Waals surface area contributed by atoms with E-state index in [4.69, 9.17) is 57.2 Å². The number of rotatable bonds is 37. The summed E-state index contributed by atoms with van der Waals surface area (Å²) in [4.78, 5) is 21.8. The third-order valence-electron chi connectivity index (χ3n) is 5.28. The first kappa shape index (κ1) is 41.5. The van der Waals surface area contributed by atoms with E-state index in [1.54, 1.807) is 0 Å². The number of unbranched alkanes of at least 4 members (excludes halogenated alkanes) is 2. The zero-order chi connectivity index (χ0) is 31.3. The molecule has 0 aliphatic heterocycles. The lowest BCUT2D eigenvalue weighted by molar-refractivity contribution is -0.145. The first-order chi connectivity index (χ1) is 21.2. The van der Waals surface area contributed by atoms with Crippen LogP contribution in [-0.2, 0) is 61.7 Å². The minimum atomic E-state index is -0.876. The largest absolute Gasteiger partial charge is 0.481 e. The Bertz CT molecular complexity index is 581. The molecule has 1 N–H and O–H groups in total. The molecule has 0 aromatic carbocycles. The van der Waals surface area contributed by atoms with E-state index in [-0.39, 0.29) is 25.6 Å². The van der Waals surface area contributed by atoms with Crippen LogP contribution in [0.2, 0.25) is 0 Å². The Morgan fingerprint density at radius 3 is 0.953 bits per heavy atom. The standard InChI is InChI=1S/C29H56O14/c1-2-3-4-5-29(32)43-27-26-42-25-24-41-23-22-40-21-20-39-19-18-38-17-16-37-15-14-36-13-12-35-11-10-34-9-8-33-7-6-28(30)31/h2-27H2,1H3,(H,30,31). The topological polar surface area (TPSA) is 156 Å². The molecule has 0 unspecified atom stereocenters. The molecule has 0 aromatic rings. The van der Waals surface area contributed by atoms with Gasteiger partial charge in [0.25, 0.3) is 0 Å². The molecular weight excluding hydrogens is 572 g/mol. The molecule has 0 aromatic heterocycles. The van der Waals surface area contributed by atoms with Crippen LogP contribution in [0.3, 0.4) is 0 Å². The number of carboxylic acids is 1. The number of esters is 1. The van der Waals surface area contributed by atoms with E-state index in [0.29, 0.717) is 132 Å². The SMILES string of the molecule is CCCCCC(=O)OCCOCCOCCOCCOCCOCCOCCOCCOCCOCCOCCC(=O)O. The molecule has 43 heavy (non-hydrogen) atoms. The van der Waals surface area contributed by atoms with Crippen molar-refractivity contribution in [2.24, 2.45) is 0 Å². The van der Waals surface area contributed by atoms with Crippen LogP contribution in [-0.4, -0.2) is 156 Å². The molecule has 0 aliphatic carbocycles. The molecule has 0 spiro atoms. The van der Waals surface area contributed by atoms with Crippen molar-refractivity contribution in [2.75, 3.05) is 139 Å². The highest BCUT2D eigenvalue weighted by molar-refractivity contribution is 5.69. The predicted octanol–water partition coefficient (Wildman–Crippen LogP) is 1.75. The number of carboxylic acid groups (broad SMARTS) is 1. The van der Waals surface area contributed by atoms with E-state index in [9.17, 15) is 9.59 Å². The molecule has 0 amide bonds. The maximum atomic E-state index is 11.4. The second-order valence-electron chi connectivity index (χ2n) is 8.95. The van der Waals surface area contributed by atoms with Crippen molar-refractivity contribution < 1.29 is 66.8 Å². The second-order valence-corrected chi connectivity index (χ2v) is 8.95. The molecule has 0 rings (SSSR count). The molecule has 0 saturated heterocycles. The smallest absolute Gasteiger partial charge is 0.305 e. The van der Waals surface area contributed by atoms with Crippen molar-refractivity contribution in [1.82, 2.24) is 0 Å². The molecule has 0 saturated carbocycles. The van der Waals surface area contributed by atoms with Gasteiger partial charge in [-0.3, -0.25) is 9.59 Å². The van der Waals surface area contributed by atoms with Gasteiger partial charge in [-0.2, -0.15) is 0 Å². The van der Waals surface area contributed by atoms with E-state index in [0.717, 1.165) is 19.3 Å². The van der Waals surface area contributed by atoms with Crippen molar-refractivity contribution in [3.05, 3.63) is 0 Å². The van der Waals surface area contributed by atoms with Crippen LogP contribution in [0.4, 0.5) is 0 Å². The number of aliphatic carboxylic acids is 1. The van der Waals surface area contributed by atoms with Crippen molar-refractivity contribution in [2.45, 2.75) is 39.0 Å². The molecular formula is C29H56O14. The summed E-state index contributed by atoms with van der Waals surface area (Å²) >= 11 is 0. The lowest BCUT2D eigenvalue weighted by atomic mass is 10.2. The van der Waals surface area contributed by atoms with Crippen LogP contribution >= 0.6 is 0 Å². The van der Waals surface area contributed by atoms with Gasteiger partial charge in [-0.25, -0.2) is 0 Å². The van der Waals surface area contributed by atoms with E-state index in [1.807, 2.05) is 0 Å². The number of hydrogen-bond acceptors (Lipinski definition) is 13. The third kappa shape index (κ3) is 38.5. The highest BCUT2D eigenvalue weighted by Crippen LogP contribution is 2.00. The summed E-state index contributed by atoms with van der Waals surface area (Å²) in [7, 11) is 0. The molecule has 0 heterocycles. The highest BCUT2D eigenvalue weighted by Gasteiger charge is 2.02. The number of carbonyl (C=O) groups excluding carboxylic acids is 1. The first-order valence-electron chi connectivity index (χ1n) is 15.3. The van der Waals surface area contributed by atoms with Crippen LogP contribution in [0.1, 0.15) is 39.0 Å². The van der Waals surface area contributed by atoms with Crippen molar-refractivity contribution in [3.63, 3.8) is 0 Å². The van der Waals surface area contributed by atoms with Crippen LogP contribution in [0.5, 0.6) is 0 Å². The molecule has 0 aliphatic rings. The van der Waals surface area contributed by atoms with Crippen molar-refractivity contribution in [1.29, 1.82) is 0 Å². The quantitative estimate of drug-likeness (QED) is 0.0784. The van der Waals surface area contributed by atoms with Crippen molar-refractivity contribution in [3.8, 4) is 0 Å². The van der Waals surface area contributed by atoms with E-state index >= 15 is 0 Å². The molecule has 0 radical (unpaired) electrons. The lowest BCUT2D eigenvalue weighted by Gasteiger charge is -2.09. The Morgan fingerprint density at radius 1 is 0.395 bits per heavy atom.